The number of hydrogen-bond donors (Lipinski definition) is 1. The minimum atomic E-state index is -3.54. The average Bonchev–Trinajstić information content (AvgIpc) is 3.22. The quantitative estimate of drug-likeness (QED) is 0.759. The average molecular weight is 431 g/mol. The monoisotopic (exact) mass is 430 g/mol. The first-order valence-corrected chi connectivity index (χ1v) is 11.7. The maximum atomic E-state index is 12.9. The summed E-state index contributed by atoms with van der Waals surface area (Å²) in [4.78, 5) is 12.7. The second-order valence-electron chi connectivity index (χ2n) is 7.68. The van der Waals surface area contributed by atoms with Gasteiger partial charge >= 0.3 is 0 Å². The van der Waals surface area contributed by atoms with Crippen LogP contribution in [0.3, 0.4) is 0 Å². The van der Waals surface area contributed by atoms with Gasteiger partial charge in [0.25, 0.3) is 0 Å². The number of amides is 1. The molecule has 2 aliphatic rings. The third-order valence-electron chi connectivity index (χ3n) is 5.51. The van der Waals surface area contributed by atoms with Crippen molar-refractivity contribution >= 4 is 21.6 Å². The summed E-state index contributed by atoms with van der Waals surface area (Å²) in [6, 6.07) is 10.6. The van der Waals surface area contributed by atoms with E-state index < -0.39 is 10.0 Å². The lowest BCUT2D eigenvalue weighted by atomic mass is 10.1. The van der Waals surface area contributed by atoms with Gasteiger partial charge in [-0.1, -0.05) is 18.6 Å². The number of carbonyl (C=O) groups excluding carboxylic acids is 1. The summed E-state index contributed by atoms with van der Waals surface area (Å²) < 4.78 is 38.1. The fraction of sp³-hybridized carbons (Fsp3) is 0.409. The van der Waals surface area contributed by atoms with E-state index in [0.29, 0.717) is 36.7 Å². The predicted molar refractivity (Wildman–Crippen MR) is 113 cm³/mol. The highest BCUT2D eigenvalue weighted by atomic mass is 32.2. The Morgan fingerprint density at radius 2 is 1.80 bits per heavy atom. The molecule has 0 aromatic heterocycles. The Balaban J connectivity index is 1.42. The molecule has 2 aromatic carbocycles. The molecular weight excluding hydrogens is 404 g/mol. The van der Waals surface area contributed by atoms with E-state index in [-0.39, 0.29) is 24.0 Å². The van der Waals surface area contributed by atoms with Crippen LogP contribution in [0.4, 0.5) is 5.69 Å². The first-order valence-electron chi connectivity index (χ1n) is 10.2. The number of nitrogens with zero attached hydrogens (tertiary/aromatic N) is 1. The number of fused-ring (bicyclic) bond motifs is 1. The molecule has 30 heavy (non-hydrogen) atoms. The van der Waals surface area contributed by atoms with Crippen molar-refractivity contribution in [1.82, 2.24) is 4.31 Å². The van der Waals surface area contributed by atoms with Gasteiger partial charge < -0.3 is 14.8 Å². The molecule has 0 radical (unpaired) electrons. The van der Waals surface area contributed by atoms with Gasteiger partial charge in [0.05, 0.1) is 4.90 Å². The number of hydrogen-bond acceptors (Lipinski definition) is 5. The Hall–Kier alpha value is -2.58. The van der Waals surface area contributed by atoms with Crippen LogP contribution < -0.4 is 14.8 Å². The summed E-state index contributed by atoms with van der Waals surface area (Å²) in [6.07, 6.45) is 3.66. The molecule has 1 fully saturated rings. The Kier molecular flexibility index (Phi) is 5.97. The van der Waals surface area contributed by atoms with Crippen LogP contribution in [0.25, 0.3) is 0 Å². The largest absolute Gasteiger partial charge is 0.454 e. The third kappa shape index (κ3) is 4.44. The number of benzene rings is 2. The highest BCUT2D eigenvalue weighted by molar-refractivity contribution is 7.89. The molecule has 2 heterocycles. The highest BCUT2D eigenvalue weighted by Crippen LogP contribution is 2.33. The number of rotatable bonds is 6. The summed E-state index contributed by atoms with van der Waals surface area (Å²) >= 11 is 0. The van der Waals surface area contributed by atoms with Crippen molar-refractivity contribution in [1.29, 1.82) is 0 Å². The Morgan fingerprint density at radius 3 is 2.60 bits per heavy atom. The number of nitrogens with one attached hydrogen (secondary N) is 1. The number of ether oxygens (including phenoxy) is 2. The van der Waals surface area contributed by atoms with Gasteiger partial charge in [-0.05, 0) is 61.6 Å². The summed E-state index contributed by atoms with van der Waals surface area (Å²) in [5, 5.41) is 2.87. The van der Waals surface area contributed by atoms with E-state index in [0.717, 1.165) is 30.4 Å². The normalized spacial score (nSPS) is 16.4. The van der Waals surface area contributed by atoms with Crippen molar-refractivity contribution in [3.8, 4) is 11.5 Å². The van der Waals surface area contributed by atoms with E-state index in [9.17, 15) is 13.2 Å². The number of carbonyl (C=O) groups is 1. The third-order valence-corrected chi connectivity index (χ3v) is 7.41. The maximum Gasteiger partial charge on any atom is 0.243 e. The molecule has 1 saturated heterocycles. The fourth-order valence-electron chi connectivity index (χ4n) is 3.72. The highest BCUT2D eigenvalue weighted by Gasteiger charge is 2.26. The van der Waals surface area contributed by atoms with Gasteiger partial charge in [-0.15, -0.1) is 0 Å². The number of sulfonamides is 1. The van der Waals surface area contributed by atoms with Crippen LogP contribution in [-0.4, -0.2) is 38.5 Å². The summed E-state index contributed by atoms with van der Waals surface area (Å²) in [5.41, 5.74) is 2.33. The fourth-order valence-corrected chi connectivity index (χ4v) is 5.26. The zero-order valence-corrected chi connectivity index (χ0v) is 17.8. The second-order valence-corrected chi connectivity index (χ2v) is 9.62. The maximum absolute atomic E-state index is 12.9. The van der Waals surface area contributed by atoms with E-state index in [1.54, 1.807) is 18.2 Å². The molecule has 4 rings (SSSR count). The van der Waals surface area contributed by atoms with Gasteiger partial charge in [0.2, 0.25) is 22.7 Å². The molecule has 0 bridgehead atoms. The van der Waals surface area contributed by atoms with Gasteiger partial charge in [0.1, 0.15) is 0 Å². The van der Waals surface area contributed by atoms with Gasteiger partial charge in [-0.2, -0.15) is 4.31 Å². The van der Waals surface area contributed by atoms with Crippen LogP contribution in [0.2, 0.25) is 0 Å². The lowest BCUT2D eigenvalue weighted by molar-refractivity contribution is -0.116. The molecule has 1 amide bonds. The van der Waals surface area contributed by atoms with Crippen LogP contribution in [-0.2, 0) is 21.2 Å². The molecule has 8 heteroatoms. The number of anilines is 1. The van der Waals surface area contributed by atoms with Crippen LogP contribution in [0.1, 0.15) is 36.8 Å². The van der Waals surface area contributed by atoms with Crippen molar-refractivity contribution in [2.45, 2.75) is 43.9 Å². The molecule has 0 saturated carbocycles. The first-order chi connectivity index (χ1) is 14.4. The molecule has 0 aliphatic carbocycles. The zero-order chi connectivity index (χ0) is 21.1. The first kappa shape index (κ1) is 20.7. The molecule has 0 atom stereocenters. The van der Waals surface area contributed by atoms with Crippen LogP contribution in [0.5, 0.6) is 11.5 Å². The van der Waals surface area contributed by atoms with E-state index >= 15 is 0 Å². The van der Waals surface area contributed by atoms with Gasteiger partial charge in [0.15, 0.2) is 11.5 Å². The summed E-state index contributed by atoms with van der Waals surface area (Å²) in [5.74, 6) is 1.24. The summed E-state index contributed by atoms with van der Waals surface area (Å²) in [6.45, 7) is 3.17. The van der Waals surface area contributed by atoms with E-state index in [2.05, 4.69) is 5.32 Å². The number of piperidine rings is 1. The smallest absolute Gasteiger partial charge is 0.243 e. The van der Waals surface area contributed by atoms with Gasteiger partial charge in [-0.3, -0.25) is 4.79 Å². The standard InChI is InChI=1S/C22H26N2O5S/c1-16-5-8-18(30(26,27)24-11-3-2-4-12-24)14-19(16)23-22(25)10-7-17-6-9-20-21(13-17)29-15-28-20/h5-6,8-9,13-14H,2-4,7,10-12,15H2,1H3,(H,23,25). The van der Waals surface area contributed by atoms with Gasteiger partial charge in [0, 0.05) is 25.2 Å². The van der Waals surface area contributed by atoms with Gasteiger partial charge in [-0.25, -0.2) is 8.42 Å². The van der Waals surface area contributed by atoms with E-state index in [1.165, 1.54) is 4.31 Å². The van der Waals surface area contributed by atoms with Crippen molar-refractivity contribution in [3.05, 3.63) is 47.5 Å². The molecular formula is C22H26N2O5S. The molecule has 160 valence electrons. The predicted octanol–water partition coefficient (Wildman–Crippen LogP) is 3.47. The minimum absolute atomic E-state index is 0.164. The van der Waals surface area contributed by atoms with Crippen molar-refractivity contribution in [2.75, 3.05) is 25.2 Å². The Labute approximate surface area is 177 Å². The zero-order valence-electron chi connectivity index (χ0n) is 17.0. The minimum Gasteiger partial charge on any atom is -0.454 e. The van der Waals surface area contributed by atoms with Crippen molar-refractivity contribution in [3.63, 3.8) is 0 Å². The summed E-state index contributed by atoms with van der Waals surface area (Å²) in [7, 11) is -3.54. The SMILES string of the molecule is Cc1ccc(S(=O)(=O)N2CCCCC2)cc1NC(=O)CCc1ccc2c(c1)OCO2. The second kappa shape index (κ2) is 8.65. The Bertz CT molecular complexity index is 1050. The van der Waals surface area contributed by atoms with Crippen LogP contribution in [0, 0.1) is 6.92 Å². The lowest BCUT2D eigenvalue weighted by Crippen LogP contribution is -2.35. The molecule has 7 nitrogen and oxygen atoms in total. The van der Waals surface area contributed by atoms with Crippen LogP contribution >= 0.6 is 0 Å². The molecule has 0 spiro atoms. The topological polar surface area (TPSA) is 84.9 Å². The molecule has 2 aliphatic heterocycles. The Morgan fingerprint density at radius 1 is 1.03 bits per heavy atom. The molecule has 0 unspecified atom stereocenters. The number of aryl methyl sites for hydroxylation is 2. The van der Waals surface area contributed by atoms with E-state index in [4.69, 9.17) is 9.47 Å². The van der Waals surface area contributed by atoms with Crippen molar-refractivity contribution < 1.29 is 22.7 Å². The molecule has 2 aromatic rings. The lowest BCUT2D eigenvalue weighted by Gasteiger charge is -2.26. The molecule has 1 N–H and O–H groups in total. The van der Waals surface area contributed by atoms with Crippen molar-refractivity contribution in [2.24, 2.45) is 0 Å². The van der Waals surface area contributed by atoms with E-state index in [1.807, 2.05) is 25.1 Å². The van der Waals surface area contributed by atoms with Crippen LogP contribution in [0.15, 0.2) is 41.3 Å².